The van der Waals surface area contributed by atoms with Crippen molar-refractivity contribution in [2.24, 2.45) is 0 Å². The molecule has 2 N–H and O–H groups in total. The third-order valence-corrected chi connectivity index (χ3v) is 6.82. The van der Waals surface area contributed by atoms with Crippen LogP contribution in [-0.2, 0) is 0 Å². The summed E-state index contributed by atoms with van der Waals surface area (Å²) in [5.41, 5.74) is 1.41. The molecule has 0 aromatic carbocycles. The molecule has 0 radical (unpaired) electrons. The minimum atomic E-state index is -1.34. The van der Waals surface area contributed by atoms with E-state index >= 15 is 0 Å². The van der Waals surface area contributed by atoms with Gasteiger partial charge in [-0.05, 0) is 0 Å². The predicted molar refractivity (Wildman–Crippen MR) is 65.2 cm³/mol. The average molecular weight is 286 g/mol. The maximum absolute atomic E-state index is 10.8. The Hall–Kier alpha value is -0.774. The van der Waals surface area contributed by atoms with Crippen LogP contribution < -0.4 is 5.19 Å². The van der Waals surface area contributed by atoms with E-state index < -0.39 is 14.0 Å². The van der Waals surface area contributed by atoms with Crippen molar-refractivity contribution in [1.82, 2.24) is 4.98 Å². The van der Waals surface area contributed by atoms with Gasteiger partial charge in [0.25, 0.3) is 0 Å². The molecule has 0 spiro atoms. The van der Waals surface area contributed by atoms with Gasteiger partial charge in [0.05, 0.1) is 0 Å². The van der Waals surface area contributed by atoms with Gasteiger partial charge in [0.2, 0.25) is 0 Å². The SMILES string of the molecule is C[Si](C)(C)c1c[se]c2cc(C(=O)O)[nH]c12. The molecule has 0 unspecified atom stereocenters. The Morgan fingerprint density at radius 3 is 2.67 bits per heavy atom. The monoisotopic (exact) mass is 287 g/mol. The third kappa shape index (κ3) is 1.82. The average Bonchev–Trinajstić information content (AvgIpc) is 2.56. The molecule has 2 rings (SSSR count). The van der Waals surface area contributed by atoms with Crippen LogP contribution in [0.2, 0.25) is 19.6 Å². The fourth-order valence-corrected chi connectivity index (χ4v) is 7.35. The second kappa shape index (κ2) is 3.37. The van der Waals surface area contributed by atoms with Crippen molar-refractivity contribution in [1.29, 1.82) is 0 Å². The van der Waals surface area contributed by atoms with Crippen molar-refractivity contribution in [3.63, 3.8) is 0 Å². The van der Waals surface area contributed by atoms with Crippen molar-refractivity contribution in [3.8, 4) is 0 Å². The number of nitrogens with one attached hydrogen (secondary N) is 1. The van der Waals surface area contributed by atoms with Crippen LogP contribution in [0.4, 0.5) is 0 Å². The van der Waals surface area contributed by atoms with Crippen LogP contribution in [0.15, 0.2) is 11.0 Å². The fourth-order valence-electron chi connectivity index (χ4n) is 1.58. The molecule has 5 heteroatoms. The normalized spacial score (nSPS) is 12.2. The molecule has 15 heavy (non-hydrogen) atoms. The number of carbonyl (C=O) groups is 1. The summed E-state index contributed by atoms with van der Waals surface area (Å²) in [6.07, 6.45) is 0. The Bertz CT molecular complexity index is 521. The standard InChI is InChI=1S/C10H13NO2SeSi/c1-15(2,3)8-5-14-7-4-6(10(12)13)11-9(7)8/h4-5,11H,1-3H3,(H,12,13). The Morgan fingerprint density at radius 2 is 2.13 bits per heavy atom. The molecule has 3 nitrogen and oxygen atoms in total. The molecule has 2 aromatic heterocycles. The number of aromatic nitrogens is 1. The summed E-state index contributed by atoms with van der Waals surface area (Å²) in [5.74, 6) is -0.866. The van der Waals surface area contributed by atoms with Crippen LogP contribution in [0.5, 0.6) is 0 Å². The molecule has 0 aliphatic rings. The van der Waals surface area contributed by atoms with Gasteiger partial charge < -0.3 is 0 Å². The Morgan fingerprint density at radius 1 is 1.47 bits per heavy atom. The van der Waals surface area contributed by atoms with Crippen LogP contribution >= 0.6 is 0 Å². The molecule has 0 aliphatic heterocycles. The number of H-pyrrole nitrogens is 1. The van der Waals surface area contributed by atoms with E-state index in [4.69, 9.17) is 5.11 Å². The molecule has 0 amide bonds. The first-order valence-corrected chi connectivity index (χ1v) is 10.1. The van der Waals surface area contributed by atoms with Gasteiger partial charge in [0, 0.05) is 0 Å². The van der Waals surface area contributed by atoms with Gasteiger partial charge in [-0.15, -0.1) is 0 Å². The summed E-state index contributed by atoms with van der Waals surface area (Å²) in [4.78, 5) is 16.2. The van der Waals surface area contributed by atoms with Gasteiger partial charge in [-0.2, -0.15) is 0 Å². The Balaban J connectivity index is 2.64. The molecule has 2 heterocycles. The van der Waals surface area contributed by atoms with Crippen molar-refractivity contribution in [3.05, 3.63) is 16.7 Å². The number of carboxylic acid groups (broad SMARTS) is 1. The van der Waals surface area contributed by atoms with E-state index in [2.05, 4.69) is 29.6 Å². The second-order valence-corrected chi connectivity index (χ2v) is 11.6. The number of carboxylic acids is 1. The number of hydrogen-bond acceptors (Lipinski definition) is 1. The molecule has 0 fully saturated rings. The summed E-state index contributed by atoms with van der Waals surface area (Å²) in [7, 11) is -1.34. The van der Waals surface area contributed by atoms with Gasteiger partial charge in [-0.3, -0.25) is 0 Å². The second-order valence-electron chi connectivity index (χ2n) is 4.63. The Kier molecular flexibility index (Phi) is 2.41. The van der Waals surface area contributed by atoms with Crippen LogP contribution in [0.1, 0.15) is 10.5 Å². The molecule has 0 atom stereocenters. The van der Waals surface area contributed by atoms with Gasteiger partial charge in [0.15, 0.2) is 0 Å². The molecule has 0 bridgehead atoms. The molecule has 2 aromatic rings. The number of fused-ring (bicyclic) bond motifs is 1. The first kappa shape index (κ1) is 10.7. The zero-order valence-corrected chi connectivity index (χ0v) is 11.6. The van der Waals surface area contributed by atoms with Gasteiger partial charge in [-0.1, -0.05) is 0 Å². The summed E-state index contributed by atoms with van der Waals surface area (Å²) < 4.78 is 1.19. The van der Waals surface area contributed by atoms with Crippen LogP contribution in [0.3, 0.4) is 0 Å². The van der Waals surface area contributed by atoms with E-state index in [1.807, 2.05) is 0 Å². The number of aromatic amines is 1. The summed E-state index contributed by atoms with van der Waals surface area (Å²) >= 11 is 0.315. The molecule has 0 saturated carbocycles. The van der Waals surface area contributed by atoms with Crippen molar-refractivity contribution in [2.75, 3.05) is 0 Å². The van der Waals surface area contributed by atoms with E-state index in [1.165, 1.54) is 9.45 Å². The van der Waals surface area contributed by atoms with Gasteiger partial charge >= 0.3 is 94.7 Å². The molecule has 0 saturated heterocycles. The number of aromatic carboxylic acids is 1. The molecular weight excluding hydrogens is 273 g/mol. The van der Waals surface area contributed by atoms with E-state index in [9.17, 15) is 4.79 Å². The van der Waals surface area contributed by atoms with Crippen LogP contribution in [0.25, 0.3) is 9.78 Å². The van der Waals surface area contributed by atoms with Crippen molar-refractivity contribution >= 4 is 43.5 Å². The quantitative estimate of drug-likeness (QED) is 0.821. The van der Waals surface area contributed by atoms with Crippen LogP contribution in [-0.4, -0.2) is 38.6 Å². The first-order chi connectivity index (χ1) is 6.89. The molecule has 0 aliphatic carbocycles. The number of rotatable bonds is 2. The van der Waals surface area contributed by atoms with Gasteiger partial charge in [-0.25, -0.2) is 0 Å². The van der Waals surface area contributed by atoms with E-state index in [0.717, 1.165) is 5.52 Å². The van der Waals surface area contributed by atoms with E-state index in [0.29, 0.717) is 20.2 Å². The van der Waals surface area contributed by atoms with E-state index in [1.54, 1.807) is 6.07 Å². The zero-order valence-electron chi connectivity index (χ0n) is 8.92. The summed E-state index contributed by atoms with van der Waals surface area (Å²) in [6.45, 7) is 6.85. The zero-order chi connectivity index (χ0) is 11.2. The first-order valence-electron chi connectivity index (χ1n) is 4.73. The minimum absolute atomic E-state index is 0.315. The third-order valence-electron chi connectivity index (χ3n) is 2.39. The van der Waals surface area contributed by atoms with E-state index in [-0.39, 0.29) is 0 Å². The summed E-state index contributed by atoms with van der Waals surface area (Å²) in [5, 5.41) is 10.3. The topological polar surface area (TPSA) is 53.1 Å². The maximum atomic E-state index is 10.8. The Labute approximate surface area is 94.9 Å². The fraction of sp³-hybridized carbons (Fsp3) is 0.300. The predicted octanol–water partition coefficient (Wildman–Crippen LogP) is 1.47. The van der Waals surface area contributed by atoms with Crippen molar-refractivity contribution < 1.29 is 9.90 Å². The molecule has 80 valence electrons. The summed E-state index contributed by atoms with van der Waals surface area (Å²) in [6, 6.07) is 1.78. The van der Waals surface area contributed by atoms with Crippen LogP contribution in [0, 0.1) is 0 Å². The molecular formula is C10H13NO2SeSi. The number of hydrogen-bond donors (Lipinski definition) is 2. The van der Waals surface area contributed by atoms with Crippen molar-refractivity contribution in [2.45, 2.75) is 19.6 Å². The van der Waals surface area contributed by atoms with Gasteiger partial charge in [0.1, 0.15) is 0 Å².